The minimum atomic E-state index is 0.310. The van der Waals surface area contributed by atoms with Gasteiger partial charge in [0.25, 0.3) is 0 Å². The van der Waals surface area contributed by atoms with Gasteiger partial charge in [0.05, 0.1) is 11.7 Å². The van der Waals surface area contributed by atoms with Crippen molar-refractivity contribution in [3.63, 3.8) is 0 Å². The lowest BCUT2D eigenvalue weighted by atomic mass is 9.98. The summed E-state index contributed by atoms with van der Waals surface area (Å²) in [5, 5.41) is 3.76. The van der Waals surface area contributed by atoms with Crippen LogP contribution in [0.5, 0.6) is 0 Å². The van der Waals surface area contributed by atoms with Crippen molar-refractivity contribution in [3.05, 3.63) is 0 Å². The zero-order valence-electron chi connectivity index (χ0n) is 12.8. The zero-order chi connectivity index (χ0) is 13.4. The van der Waals surface area contributed by atoms with Gasteiger partial charge in [-0.25, -0.2) is 0 Å². The predicted octanol–water partition coefficient (Wildman–Crippen LogP) is 2.55. The summed E-state index contributed by atoms with van der Waals surface area (Å²) in [5.41, 5.74) is 0.310. The number of hydrogen-bond acceptors (Lipinski definition) is 3. The van der Waals surface area contributed by atoms with E-state index in [2.05, 4.69) is 10.2 Å². The molecule has 4 fully saturated rings. The Labute approximate surface area is 123 Å². The monoisotopic (exact) mass is 278 g/mol. The average Bonchev–Trinajstić information content (AvgIpc) is 3.14. The molecule has 2 aliphatic carbocycles. The maximum Gasteiger partial charge on any atom is 0.0710 e. The molecular weight excluding hydrogens is 248 g/mol. The second kappa shape index (κ2) is 5.58. The summed E-state index contributed by atoms with van der Waals surface area (Å²) in [7, 11) is 0. The lowest BCUT2D eigenvalue weighted by Crippen LogP contribution is -2.42. The van der Waals surface area contributed by atoms with Crippen molar-refractivity contribution in [1.29, 1.82) is 0 Å². The zero-order valence-corrected chi connectivity index (χ0v) is 12.8. The van der Waals surface area contributed by atoms with E-state index in [9.17, 15) is 0 Å². The molecule has 2 unspecified atom stereocenters. The molecule has 0 aromatic rings. The van der Waals surface area contributed by atoms with Crippen molar-refractivity contribution in [2.24, 2.45) is 5.92 Å². The van der Waals surface area contributed by atoms with Gasteiger partial charge in [-0.05, 0) is 64.0 Å². The van der Waals surface area contributed by atoms with Crippen molar-refractivity contribution in [1.82, 2.24) is 10.2 Å². The van der Waals surface area contributed by atoms with Crippen LogP contribution >= 0.6 is 0 Å². The van der Waals surface area contributed by atoms with E-state index in [0.29, 0.717) is 11.7 Å². The summed E-state index contributed by atoms with van der Waals surface area (Å²) in [6.07, 6.45) is 12.8. The first-order valence-electron chi connectivity index (χ1n) is 8.97. The summed E-state index contributed by atoms with van der Waals surface area (Å²) in [6, 6.07) is 0.763. The third kappa shape index (κ3) is 2.90. The molecule has 1 spiro atoms. The molecule has 3 nitrogen and oxygen atoms in total. The van der Waals surface area contributed by atoms with E-state index in [1.165, 1.54) is 84.0 Å². The Bertz CT molecular complexity index is 336. The van der Waals surface area contributed by atoms with Crippen LogP contribution in [0.1, 0.15) is 57.8 Å². The summed E-state index contributed by atoms with van der Waals surface area (Å²) >= 11 is 0. The highest BCUT2D eigenvalue weighted by Gasteiger charge is 2.43. The van der Waals surface area contributed by atoms with Gasteiger partial charge in [-0.3, -0.25) is 4.90 Å². The van der Waals surface area contributed by atoms with Crippen molar-refractivity contribution in [3.8, 4) is 0 Å². The molecule has 2 heterocycles. The second-order valence-electron chi connectivity index (χ2n) is 7.68. The van der Waals surface area contributed by atoms with Crippen LogP contribution in [0.25, 0.3) is 0 Å². The van der Waals surface area contributed by atoms with Gasteiger partial charge in [0.2, 0.25) is 0 Å². The summed E-state index contributed by atoms with van der Waals surface area (Å²) in [4.78, 5) is 2.70. The lowest BCUT2D eigenvalue weighted by molar-refractivity contribution is -0.0474. The van der Waals surface area contributed by atoms with Gasteiger partial charge in [0, 0.05) is 19.1 Å². The summed E-state index contributed by atoms with van der Waals surface area (Å²) < 4.78 is 6.50. The van der Waals surface area contributed by atoms with Crippen LogP contribution in [0.4, 0.5) is 0 Å². The van der Waals surface area contributed by atoms with Crippen molar-refractivity contribution >= 4 is 0 Å². The number of nitrogens with zero attached hydrogens (tertiary/aromatic N) is 1. The van der Waals surface area contributed by atoms with Crippen LogP contribution in [-0.4, -0.2) is 48.8 Å². The molecular formula is C17H30N2O. The molecule has 0 radical (unpaired) electrons. The topological polar surface area (TPSA) is 24.5 Å². The first-order valence-corrected chi connectivity index (χ1v) is 8.97. The molecule has 1 N–H and O–H groups in total. The number of nitrogens with one attached hydrogen (secondary N) is 1. The van der Waals surface area contributed by atoms with Crippen LogP contribution in [0.15, 0.2) is 0 Å². The highest BCUT2D eigenvalue weighted by atomic mass is 16.5. The van der Waals surface area contributed by atoms with Crippen LogP contribution in [-0.2, 0) is 4.74 Å². The predicted molar refractivity (Wildman–Crippen MR) is 80.9 cm³/mol. The highest BCUT2D eigenvalue weighted by Crippen LogP contribution is 2.43. The molecule has 3 heteroatoms. The van der Waals surface area contributed by atoms with Gasteiger partial charge in [-0.2, -0.15) is 0 Å². The minimum absolute atomic E-state index is 0.310. The lowest BCUT2D eigenvalue weighted by Gasteiger charge is -2.29. The molecule has 0 bridgehead atoms. The Balaban J connectivity index is 1.31. The van der Waals surface area contributed by atoms with E-state index in [-0.39, 0.29) is 0 Å². The third-order valence-corrected chi connectivity index (χ3v) is 6.02. The molecule has 4 rings (SSSR count). The standard InChI is InChI=1S/C17H30N2O/c1-2-8-17(7-1)9-6-15(20-17)12-19-11-3-10-18-16(13-19)14-4-5-14/h14-16,18H,1-13H2. The Morgan fingerprint density at radius 2 is 1.90 bits per heavy atom. The quantitative estimate of drug-likeness (QED) is 0.858. The first kappa shape index (κ1) is 13.5. The van der Waals surface area contributed by atoms with E-state index in [1.807, 2.05) is 0 Å². The number of ether oxygens (including phenoxy) is 1. The van der Waals surface area contributed by atoms with Gasteiger partial charge in [-0.15, -0.1) is 0 Å². The molecule has 0 aromatic heterocycles. The normalized spacial score (nSPS) is 38.4. The van der Waals surface area contributed by atoms with E-state index in [4.69, 9.17) is 4.74 Å². The molecule has 4 aliphatic rings. The van der Waals surface area contributed by atoms with Crippen molar-refractivity contribution < 1.29 is 4.74 Å². The van der Waals surface area contributed by atoms with E-state index in [0.717, 1.165) is 12.0 Å². The number of hydrogen-bond donors (Lipinski definition) is 1. The highest BCUT2D eigenvalue weighted by molar-refractivity contribution is 4.95. The minimum Gasteiger partial charge on any atom is -0.370 e. The van der Waals surface area contributed by atoms with Gasteiger partial charge < -0.3 is 10.1 Å². The van der Waals surface area contributed by atoms with Gasteiger partial charge >= 0.3 is 0 Å². The van der Waals surface area contributed by atoms with Gasteiger partial charge in [0.1, 0.15) is 0 Å². The van der Waals surface area contributed by atoms with Gasteiger partial charge in [-0.1, -0.05) is 12.8 Å². The smallest absolute Gasteiger partial charge is 0.0710 e. The third-order valence-electron chi connectivity index (χ3n) is 6.02. The molecule has 20 heavy (non-hydrogen) atoms. The van der Waals surface area contributed by atoms with Crippen LogP contribution in [0, 0.1) is 5.92 Å². The molecule has 2 atom stereocenters. The Morgan fingerprint density at radius 3 is 2.70 bits per heavy atom. The Morgan fingerprint density at radius 1 is 1.05 bits per heavy atom. The van der Waals surface area contributed by atoms with Crippen LogP contribution < -0.4 is 5.32 Å². The SMILES string of the molecule is C1CNC(C2CC2)CN(CC2CCC3(CCCC3)O2)C1. The molecule has 2 saturated heterocycles. The molecule has 2 saturated carbocycles. The second-order valence-corrected chi connectivity index (χ2v) is 7.68. The van der Waals surface area contributed by atoms with E-state index < -0.39 is 0 Å². The average molecular weight is 278 g/mol. The van der Waals surface area contributed by atoms with E-state index >= 15 is 0 Å². The van der Waals surface area contributed by atoms with Crippen LogP contribution in [0.3, 0.4) is 0 Å². The first-order chi connectivity index (χ1) is 9.83. The molecule has 114 valence electrons. The maximum atomic E-state index is 6.50. The van der Waals surface area contributed by atoms with E-state index in [1.54, 1.807) is 0 Å². The summed E-state index contributed by atoms with van der Waals surface area (Å²) in [5.74, 6) is 0.973. The molecule has 0 amide bonds. The molecule has 2 aliphatic heterocycles. The molecule has 0 aromatic carbocycles. The summed E-state index contributed by atoms with van der Waals surface area (Å²) in [6.45, 7) is 4.93. The Hall–Kier alpha value is -0.120. The van der Waals surface area contributed by atoms with Gasteiger partial charge in [0.15, 0.2) is 0 Å². The van der Waals surface area contributed by atoms with Crippen LogP contribution in [0.2, 0.25) is 0 Å². The van der Waals surface area contributed by atoms with Crippen molar-refractivity contribution in [2.45, 2.75) is 75.5 Å². The fraction of sp³-hybridized carbons (Fsp3) is 1.00. The fourth-order valence-electron chi connectivity index (χ4n) is 4.70. The largest absolute Gasteiger partial charge is 0.370 e. The maximum absolute atomic E-state index is 6.50. The van der Waals surface area contributed by atoms with Crippen molar-refractivity contribution in [2.75, 3.05) is 26.2 Å². The fourth-order valence-corrected chi connectivity index (χ4v) is 4.70. The Kier molecular flexibility index (Phi) is 3.78. The number of rotatable bonds is 3.